The van der Waals surface area contributed by atoms with Crippen molar-refractivity contribution in [3.05, 3.63) is 33.8 Å². The van der Waals surface area contributed by atoms with E-state index in [0.717, 1.165) is 0 Å². The number of nitrogens with zero attached hydrogens (tertiary/aromatic N) is 2. The van der Waals surface area contributed by atoms with Gasteiger partial charge in [0.15, 0.2) is 0 Å². The molecule has 1 aromatic carbocycles. The molecule has 1 saturated heterocycles. The Morgan fingerprint density at radius 3 is 2.60 bits per heavy atom. The highest BCUT2D eigenvalue weighted by Crippen LogP contribution is 2.26. The van der Waals surface area contributed by atoms with Gasteiger partial charge in [0, 0.05) is 25.7 Å². The van der Waals surface area contributed by atoms with E-state index >= 15 is 0 Å². The highest BCUT2D eigenvalue weighted by Gasteiger charge is 2.36. The van der Waals surface area contributed by atoms with Gasteiger partial charge in [-0.2, -0.15) is 0 Å². The van der Waals surface area contributed by atoms with Crippen molar-refractivity contribution in [2.45, 2.75) is 25.8 Å². The van der Waals surface area contributed by atoms with Crippen molar-refractivity contribution in [3.8, 4) is 0 Å². The molecule has 1 aliphatic heterocycles. The molecule has 2 unspecified atom stereocenters. The van der Waals surface area contributed by atoms with Gasteiger partial charge in [0.2, 0.25) is 5.91 Å². The number of hydrogen-bond acceptors (Lipinski definition) is 3. The maximum Gasteiger partial charge on any atom is 0.308 e. The van der Waals surface area contributed by atoms with Gasteiger partial charge >= 0.3 is 5.97 Å². The molecule has 0 radical (unpaired) electrons. The van der Waals surface area contributed by atoms with Crippen molar-refractivity contribution in [3.63, 3.8) is 0 Å². The summed E-state index contributed by atoms with van der Waals surface area (Å²) >= 11 is 11.8. The zero-order chi connectivity index (χ0) is 18.7. The van der Waals surface area contributed by atoms with Crippen molar-refractivity contribution in [1.82, 2.24) is 9.80 Å². The summed E-state index contributed by atoms with van der Waals surface area (Å²) in [5.74, 6) is -2.17. The van der Waals surface area contributed by atoms with E-state index < -0.39 is 17.9 Å². The number of amides is 2. The quantitative estimate of drug-likeness (QED) is 0.843. The first kappa shape index (κ1) is 19.5. The number of carboxylic acid groups (broad SMARTS) is 1. The monoisotopic (exact) mass is 386 g/mol. The van der Waals surface area contributed by atoms with E-state index in [1.165, 1.54) is 15.9 Å². The summed E-state index contributed by atoms with van der Waals surface area (Å²) in [5, 5.41) is 9.63. The van der Waals surface area contributed by atoms with Crippen LogP contribution in [0.25, 0.3) is 0 Å². The van der Waals surface area contributed by atoms with E-state index in [9.17, 15) is 14.4 Å². The van der Waals surface area contributed by atoms with Gasteiger partial charge < -0.3 is 14.9 Å². The topological polar surface area (TPSA) is 77.9 Å². The number of benzene rings is 1. The second kappa shape index (κ2) is 8.06. The van der Waals surface area contributed by atoms with E-state index in [0.29, 0.717) is 30.0 Å². The minimum Gasteiger partial charge on any atom is -0.481 e. The van der Waals surface area contributed by atoms with Crippen molar-refractivity contribution >= 4 is 41.0 Å². The van der Waals surface area contributed by atoms with Crippen molar-refractivity contribution in [2.75, 3.05) is 20.1 Å². The number of rotatable bonds is 5. The minimum absolute atomic E-state index is 0.0967. The highest BCUT2D eigenvalue weighted by atomic mass is 35.5. The Hall–Kier alpha value is -1.79. The molecule has 0 aromatic heterocycles. The third-order valence-corrected chi connectivity index (χ3v) is 5.05. The van der Waals surface area contributed by atoms with E-state index in [1.54, 1.807) is 26.1 Å². The van der Waals surface area contributed by atoms with Crippen LogP contribution in [0.3, 0.4) is 0 Å². The zero-order valence-corrected chi connectivity index (χ0v) is 15.5. The fourth-order valence-electron chi connectivity index (χ4n) is 2.89. The highest BCUT2D eigenvalue weighted by molar-refractivity contribution is 6.42. The Kier molecular flexibility index (Phi) is 6.30. The van der Waals surface area contributed by atoms with Crippen LogP contribution in [0, 0.1) is 5.92 Å². The standard InChI is InChI=1S/C17H20Cl2N2O4/c1-10(17(24)25)9-20(2)16(23)14-4-3-7-21(14)15(22)11-5-6-12(18)13(19)8-11/h5-6,8,10,14H,3-4,7,9H2,1-2H3,(H,24,25). The van der Waals surface area contributed by atoms with Crippen molar-refractivity contribution < 1.29 is 19.5 Å². The molecule has 0 bridgehead atoms. The normalized spacial score (nSPS) is 18.1. The van der Waals surface area contributed by atoms with Gasteiger partial charge in [-0.25, -0.2) is 0 Å². The van der Waals surface area contributed by atoms with Crippen LogP contribution in [0.2, 0.25) is 10.0 Å². The van der Waals surface area contributed by atoms with Crippen molar-refractivity contribution in [1.29, 1.82) is 0 Å². The third kappa shape index (κ3) is 4.44. The van der Waals surface area contributed by atoms with Crippen LogP contribution >= 0.6 is 23.2 Å². The third-order valence-electron chi connectivity index (χ3n) is 4.31. The SMILES string of the molecule is CC(CN(C)C(=O)C1CCCN1C(=O)c1ccc(Cl)c(Cl)c1)C(=O)O. The molecule has 0 saturated carbocycles. The smallest absolute Gasteiger partial charge is 0.308 e. The Balaban J connectivity index is 2.13. The van der Waals surface area contributed by atoms with Gasteiger partial charge in [0.25, 0.3) is 5.91 Å². The summed E-state index contributed by atoms with van der Waals surface area (Å²) in [4.78, 5) is 39.3. The summed E-state index contributed by atoms with van der Waals surface area (Å²) < 4.78 is 0. The van der Waals surface area contributed by atoms with Gasteiger partial charge in [-0.15, -0.1) is 0 Å². The van der Waals surface area contributed by atoms with Crippen LogP contribution in [-0.2, 0) is 9.59 Å². The lowest BCUT2D eigenvalue weighted by molar-refractivity contribution is -0.143. The molecule has 2 atom stereocenters. The lowest BCUT2D eigenvalue weighted by Crippen LogP contribution is -2.48. The van der Waals surface area contributed by atoms with Crippen molar-refractivity contribution in [2.24, 2.45) is 5.92 Å². The summed E-state index contributed by atoms with van der Waals surface area (Å²) in [6.45, 7) is 2.11. The second-order valence-electron chi connectivity index (χ2n) is 6.24. The molecule has 2 rings (SSSR count). The molecule has 25 heavy (non-hydrogen) atoms. The summed E-state index contributed by atoms with van der Waals surface area (Å²) in [5.41, 5.74) is 0.371. The zero-order valence-electron chi connectivity index (χ0n) is 14.0. The van der Waals surface area contributed by atoms with Gasteiger partial charge in [-0.3, -0.25) is 14.4 Å². The first-order valence-corrected chi connectivity index (χ1v) is 8.71. The first-order valence-electron chi connectivity index (χ1n) is 7.96. The predicted molar refractivity (Wildman–Crippen MR) is 95.0 cm³/mol. The Morgan fingerprint density at radius 1 is 1.32 bits per heavy atom. The lowest BCUT2D eigenvalue weighted by Gasteiger charge is -2.29. The lowest BCUT2D eigenvalue weighted by atomic mass is 10.1. The number of halogens is 2. The Morgan fingerprint density at radius 2 is 2.00 bits per heavy atom. The largest absolute Gasteiger partial charge is 0.481 e. The maximum absolute atomic E-state index is 12.7. The van der Waals surface area contributed by atoms with Crippen LogP contribution in [-0.4, -0.2) is 58.9 Å². The molecule has 1 heterocycles. The Labute approximate surface area is 156 Å². The molecule has 0 aliphatic carbocycles. The van der Waals surface area contributed by atoms with E-state index in [2.05, 4.69) is 0 Å². The number of aliphatic carboxylic acids is 1. The van der Waals surface area contributed by atoms with E-state index in [1.807, 2.05) is 0 Å². The molecule has 1 N–H and O–H groups in total. The fraction of sp³-hybridized carbons (Fsp3) is 0.471. The first-order chi connectivity index (χ1) is 11.7. The van der Waals surface area contributed by atoms with E-state index in [-0.39, 0.29) is 23.4 Å². The number of carboxylic acids is 1. The molecule has 1 aliphatic rings. The molecule has 1 fully saturated rings. The molecular weight excluding hydrogens is 367 g/mol. The molecule has 136 valence electrons. The van der Waals surface area contributed by atoms with Gasteiger partial charge in [-0.05, 0) is 31.0 Å². The van der Waals surface area contributed by atoms with Crippen LogP contribution in [0.15, 0.2) is 18.2 Å². The van der Waals surface area contributed by atoms with Gasteiger partial charge in [0.05, 0.1) is 16.0 Å². The average molecular weight is 387 g/mol. The number of carbonyl (C=O) groups excluding carboxylic acids is 2. The molecule has 1 aromatic rings. The predicted octanol–water partition coefficient (Wildman–Crippen LogP) is 2.78. The molecule has 0 spiro atoms. The van der Waals surface area contributed by atoms with Crippen LogP contribution < -0.4 is 0 Å². The van der Waals surface area contributed by atoms with Crippen LogP contribution in [0.5, 0.6) is 0 Å². The molecule has 8 heteroatoms. The number of likely N-dealkylation sites (tertiary alicyclic amines) is 1. The minimum atomic E-state index is -0.963. The summed E-state index contributed by atoms with van der Waals surface area (Å²) in [7, 11) is 1.56. The number of hydrogen-bond donors (Lipinski definition) is 1. The van der Waals surface area contributed by atoms with E-state index in [4.69, 9.17) is 28.3 Å². The van der Waals surface area contributed by atoms with Gasteiger partial charge in [0.1, 0.15) is 6.04 Å². The molecular formula is C17H20Cl2N2O4. The Bertz CT molecular complexity index is 695. The number of likely N-dealkylation sites (N-methyl/N-ethyl adjacent to an activating group) is 1. The summed E-state index contributed by atoms with van der Waals surface area (Å²) in [6, 6.07) is 4.02. The van der Waals surface area contributed by atoms with Crippen LogP contribution in [0.1, 0.15) is 30.1 Å². The molecule has 6 nitrogen and oxygen atoms in total. The second-order valence-corrected chi connectivity index (χ2v) is 7.06. The summed E-state index contributed by atoms with van der Waals surface area (Å²) in [6.07, 6.45) is 1.27. The number of carbonyl (C=O) groups is 3. The van der Waals surface area contributed by atoms with Gasteiger partial charge in [-0.1, -0.05) is 30.1 Å². The fourth-order valence-corrected chi connectivity index (χ4v) is 3.19. The van der Waals surface area contributed by atoms with Crippen LogP contribution in [0.4, 0.5) is 0 Å². The maximum atomic E-state index is 12.7. The average Bonchev–Trinajstić information content (AvgIpc) is 3.05. The molecule has 2 amide bonds.